The Hall–Kier alpha value is -0.865. The molecular formula is C14H20BNO2. The minimum absolute atomic E-state index is 0.297. The fraction of sp³-hybridized carbons (Fsp3) is 0.643. The molecule has 0 spiro atoms. The zero-order valence-corrected chi connectivity index (χ0v) is 11.6. The van der Waals surface area contributed by atoms with E-state index in [1.165, 1.54) is 18.4 Å². The van der Waals surface area contributed by atoms with Crippen LogP contribution in [0.25, 0.3) is 0 Å². The van der Waals surface area contributed by atoms with E-state index in [0.717, 1.165) is 11.5 Å². The second-order valence-corrected chi connectivity index (χ2v) is 6.38. The molecule has 1 aromatic rings. The molecule has 18 heavy (non-hydrogen) atoms. The van der Waals surface area contributed by atoms with Gasteiger partial charge < -0.3 is 9.31 Å². The summed E-state index contributed by atoms with van der Waals surface area (Å²) >= 11 is 0. The Morgan fingerprint density at radius 3 is 2.33 bits per heavy atom. The van der Waals surface area contributed by atoms with E-state index in [0.29, 0.717) is 0 Å². The lowest BCUT2D eigenvalue weighted by molar-refractivity contribution is 0.00578. The maximum Gasteiger partial charge on any atom is 0.514 e. The molecule has 0 atom stereocenters. The highest BCUT2D eigenvalue weighted by molar-refractivity contribution is 6.61. The predicted molar refractivity (Wildman–Crippen MR) is 71.9 cm³/mol. The van der Waals surface area contributed by atoms with Crippen molar-refractivity contribution in [3.63, 3.8) is 0 Å². The van der Waals surface area contributed by atoms with Gasteiger partial charge in [0.05, 0.1) is 16.8 Å². The van der Waals surface area contributed by atoms with E-state index in [9.17, 15) is 0 Å². The molecule has 4 heteroatoms. The summed E-state index contributed by atoms with van der Waals surface area (Å²) in [5, 5.41) is 0. The second-order valence-electron chi connectivity index (χ2n) is 6.38. The third-order valence-electron chi connectivity index (χ3n) is 4.35. The van der Waals surface area contributed by atoms with Gasteiger partial charge in [0, 0.05) is 6.20 Å². The van der Waals surface area contributed by atoms with Crippen molar-refractivity contribution in [2.45, 2.75) is 57.7 Å². The lowest BCUT2D eigenvalue weighted by Gasteiger charge is -2.32. The number of hydrogen-bond donors (Lipinski definition) is 0. The predicted octanol–water partition coefficient (Wildman–Crippen LogP) is 2.26. The normalized spacial score (nSPS) is 25.4. The van der Waals surface area contributed by atoms with Crippen molar-refractivity contribution in [2.24, 2.45) is 0 Å². The molecule has 0 aromatic carbocycles. The molecule has 2 fully saturated rings. The van der Waals surface area contributed by atoms with Gasteiger partial charge in [-0.25, -0.2) is 0 Å². The topological polar surface area (TPSA) is 31.4 Å². The van der Waals surface area contributed by atoms with Gasteiger partial charge in [-0.2, -0.15) is 0 Å². The molecule has 1 saturated heterocycles. The molecule has 0 radical (unpaired) electrons. The van der Waals surface area contributed by atoms with Gasteiger partial charge in [0.15, 0.2) is 0 Å². The van der Waals surface area contributed by atoms with Crippen LogP contribution in [0, 0.1) is 0 Å². The molecule has 0 bridgehead atoms. The zero-order valence-electron chi connectivity index (χ0n) is 11.6. The fourth-order valence-corrected chi connectivity index (χ4v) is 2.23. The van der Waals surface area contributed by atoms with E-state index in [4.69, 9.17) is 9.31 Å². The molecule has 2 aliphatic rings. The molecule has 3 rings (SSSR count). The van der Waals surface area contributed by atoms with Crippen LogP contribution >= 0.6 is 0 Å². The van der Waals surface area contributed by atoms with Crippen molar-refractivity contribution in [3.8, 4) is 0 Å². The van der Waals surface area contributed by atoms with Gasteiger partial charge in [-0.3, -0.25) is 4.98 Å². The van der Waals surface area contributed by atoms with Crippen molar-refractivity contribution in [1.82, 2.24) is 4.98 Å². The molecule has 0 amide bonds. The van der Waals surface area contributed by atoms with Crippen molar-refractivity contribution >= 4 is 12.7 Å². The number of aromatic nitrogens is 1. The van der Waals surface area contributed by atoms with E-state index in [1.54, 1.807) is 0 Å². The quantitative estimate of drug-likeness (QED) is 0.749. The highest BCUT2D eigenvalue weighted by atomic mass is 16.7. The minimum atomic E-state index is -0.339. The largest absolute Gasteiger partial charge is 0.514 e. The first-order valence-corrected chi connectivity index (χ1v) is 6.70. The molecule has 3 nitrogen and oxygen atoms in total. The van der Waals surface area contributed by atoms with Gasteiger partial charge in [0.1, 0.15) is 0 Å². The average Bonchev–Trinajstić information content (AvgIpc) is 3.08. The summed E-state index contributed by atoms with van der Waals surface area (Å²) in [7, 11) is -0.339. The van der Waals surface area contributed by atoms with Gasteiger partial charge in [-0.15, -0.1) is 0 Å². The van der Waals surface area contributed by atoms with E-state index in [2.05, 4.69) is 44.8 Å². The van der Waals surface area contributed by atoms with Crippen LogP contribution in [-0.2, 0) is 9.31 Å². The summed E-state index contributed by atoms with van der Waals surface area (Å²) in [5.74, 6) is 0.731. The van der Waals surface area contributed by atoms with Crippen LogP contribution in [-0.4, -0.2) is 23.3 Å². The Morgan fingerprint density at radius 1 is 1.17 bits per heavy atom. The molecule has 2 heterocycles. The highest BCUT2D eigenvalue weighted by Gasteiger charge is 2.52. The standard InChI is InChI=1S/C14H20BNO2/c1-13(2)14(3,4)18-15(17-13)12-9-11(7-8-16-12)10-5-6-10/h7-10H,5-6H2,1-4H3. The molecule has 96 valence electrons. The summed E-state index contributed by atoms with van der Waals surface area (Å²) in [5.41, 5.74) is 1.68. The first kappa shape index (κ1) is 12.2. The number of nitrogens with zero attached hydrogens (tertiary/aromatic N) is 1. The summed E-state index contributed by atoms with van der Waals surface area (Å²) in [6.07, 6.45) is 4.47. The van der Waals surface area contributed by atoms with Crippen LogP contribution in [0.15, 0.2) is 18.3 Å². The molecule has 1 aliphatic heterocycles. The van der Waals surface area contributed by atoms with Crippen LogP contribution in [0.3, 0.4) is 0 Å². The van der Waals surface area contributed by atoms with Crippen LogP contribution in [0.1, 0.15) is 52.0 Å². The SMILES string of the molecule is CC1(C)OB(c2cc(C3CC3)ccn2)OC1(C)C. The van der Waals surface area contributed by atoms with E-state index in [-0.39, 0.29) is 18.3 Å². The Morgan fingerprint density at radius 2 is 1.78 bits per heavy atom. The smallest absolute Gasteiger partial charge is 0.398 e. The van der Waals surface area contributed by atoms with Crippen molar-refractivity contribution in [2.75, 3.05) is 0 Å². The van der Waals surface area contributed by atoms with Crippen molar-refractivity contribution in [3.05, 3.63) is 23.9 Å². The third-order valence-corrected chi connectivity index (χ3v) is 4.35. The second kappa shape index (κ2) is 3.81. The molecule has 0 unspecified atom stereocenters. The van der Waals surface area contributed by atoms with Crippen LogP contribution in [0.4, 0.5) is 0 Å². The van der Waals surface area contributed by atoms with E-state index < -0.39 is 0 Å². The fourth-order valence-electron chi connectivity index (χ4n) is 2.23. The Kier molecular flexibility index (Phi) is 2.58. The van der Waals surface area contributed by atoms with Crippen molar-refractivity contribution < 1.29 is 9.31 Å². The molecule has 1 aliphatic carbocycles. The molecule has 1 aromatic heterocycles. The highest BCUT2D eigenvalue weighted by Crippen LogP contribution is 2.40. The van der Waals surface area contributed by atoms with Gasteiger partial charge in [0.25, 0.3) is 0 Å². The Balaban J connectivity index is 1.86. The summed E-state index contributed by atoms with van der Waals surface area (Å²) in [6, 6.07) is 4.24. The average molecular weight is 245 g/mol. The molecule has 0 N–H and O–H groups in total. The van der Waals surface area contributed by atoms with Gasteiger partial charge in [-0.05, 0) is 64.2 Å². The zero-order chi connectivity index (χ0) is 13.0. The maximum absolute atomic E-state index is 6.02. The summed E-state index contributed by atoms with van der Waals surface area (Å²) < 4.78 is 12.0. The van der Waals surface area contributed by atoms with Gasteiger partial charge >= 0.3 is 7.12 Å². The van der Waals surface area contributed by atoms with E-state index >= 15 is 0 Å². The lowest BCUT2D eigenvalue weighted by Crippen LogP contribution is -2.41. The number of pyridine rings is 1. The van der Waals surface area contributed by atoms with Gasteiger partial charge in [-0.1, -0.05) is 0 Å². The minimum Gasteiger partial charge on any atom is -0.398 e. The van der Waals surface area contributed by atoms with Crippen molar-refractivity contribution in [1.29, 1.82) is 0 Å². The van der Waals surface area contributed by atoms with E-state index in [1.807, 2.05) is 6.20 Å². The number of hydrogen-bond acceptors (Lipinski definition) is 3. The maximum atomic E-state index is 6.02. The third kappa shape index (κ3) is 1.97. The Labute approximate surface area is 109 Å². The first-order valence-electron chi connectivity index (χ1n) is 6.70. The van der Waals surface area contributed by atoms with Crippen LogP contribution in [0.5, 0.6) is 0 Å². The summed E-state index contributed by atoms with van der Waals surface area (Å²) in [4.78, 5) is 4.41. The molecule has 1 saturated carbocycles. The lowest BCUT2D eigenvalue weighted by atomic mass is 9.83. The Bertz CT molecular complexity index is 453. The number of rotatable bonds is 2. The van der Waals surface area contributed by atoms with Crippen LogP contribution < -0.4 is 5.59 Å². The van der Waals surface area contributed by atoms with Gasteiger partial charge in [0.2, 0.25) is 0 Å². The molecular weight excluding hydrogens is 225 g/mol. The summed E-state index contributed by atoms with van der Waals surface area (Å²) in [6.45, 7) is 8.27. The monoisotopic (exact) mass is 245 g/mol. The first-order chi connectivity index (χ1) is 8.39. The van der Waals surface area contributed by atoms with Crippen LogP contribution in [0.2, 0.25) is 0 Å².